The fourth-order valence-electron chi connectivity index (χ4n) is 1.90. The van der Waals surface area contributed by atoms with Crippen molar-refractivity contribution in [3.63, 3.8) is 0 Å². The summed E-state index contributed by atoms with van der Waals surface area (Å²) in [7, 11) is 0. The van der Waals surface area contributed by atoms with E-state index in [2.05, 4.69) is 36.5 Å². The predicted octanol–water partition coefficient (Wildman–Crippen LogP) is 4.34. The first-order valence-corrected chi connectivity index (χ1v) is 7.24. The minimum absolute atomic E-state index is 0.572. The Morgan fingerprint density at radius 3 is 2.40 bits per heavy atom. The van der Waals surface area contributed by atoms with Gasteiger partial charge in [0.15, 0.2) is 0 Å². The Kier molecular flexibility index (Phi) is 5.45. The molecule has 3 heteroatoms. The maximum atomic E-state index is 6.00. The van der Waals surface area contributed by atoms with Crippen molar-refractivity contribution in [1.82, 2.24) is 5.32 Å². The van der Waals surface area contributed by atoms with Gasteiger partial charge in [0.1, 0.15) is 12.4 Å². The van der Waals surface area contributed by atoms with E-state index in [0.717, 1.165) is 35.0 Å². The molecule has 0 bridgehead atoms. The van der Waals surface area contributed by atoms with Gasteiger partial charge in [0.25, 0.3) is 0 Å². The van der Waals surface area contributed by atoms with Gasteiger partial charge in [0.05, 0.1) is 0 Å². The van der Waals surface area contributed by atoms with Crippen LogP contribution in [0.3, 0.4) is 0 Å². The number of hydrogen-bond acceptors (Lipinski definition) is 2. The van der Waals surface area contributed by atoms with E-state index in [1.54, 1.807) is 0 Å². The second kappa shape index (κ2) is 7.32. The molecule has 20 heavy (non-hydrogen) atoms. The lowest BCUT2D eigenvalue weighted by Crippen LogP contribution is -2.11. The van der Waals surface area contributed by atoms with Crippen LogP contribution in [0, 0.1) is 6.92 Å². The highest BCUT2D eigenvalue weighted by atomic mass is 35.5. The van der Waals surface area contributed by atoms with Crippen molar-refractivity contribution in [2.75, 3.05) is 6.54 Å². The van der Waals surface area contributed by atoms with Crippen LogP contribution >= 0.6 is 11.6 Å². The Hall–Kier alpha value is -1.51. The Balaban J connectivity index is 1.91. The van der Waals surface area contributed by atoms with Gasteiger partial charge >= 0.3 is 0 Å². The van der Waals surface area contributed by atoms with Gasteiger partial charge in [-0.05, 0) is 48.4 Å². The van der Waals surface area contributed by atoms with Gasteiger partial charge in [0.2, 0.25) is 0 Å². The number of nitrogens with one attached hydrogen (secondary N) is 1. The van der Waals surface area contributed by atoms with E-state index in [-0.39, 0.29) is 0 Å². The minimum Gasteiger partial charge on any atom is -0.489 e. The highest BCUT2D eigenvalue weighted by Gasteiger charge is 2.00. The lowest BCUT2D eigenvalue weighted by molar-refractivity contribution is 0.306. The maximum Gasteiger partial charge on any atom is 0.120 e. The lowest BCUT2D eigenvalue weighted by atomic mass is 10.1. The van der Waals surface area contributed by atoms with Crippen LogP contribution in [0.2, 0.25) is 5.02 Å². The van der Waals surface area contributed by atoms with Gasteiger partial charge in [0, 0.05) is 11.6 Å². The Bertz CT molecular complexity index is 551. The molecule has 0 saturated heterocycles. The summed E-state index contributed by atoms with van der Waals surface area (Å²) < 4.78 is 5.77. The van der Waals surface area contributed by atoms with Gasteiger partial charge < -0.3 is 10.1 Å². The summed E-state index contributed by atoms with van der Waals surface area (Å²) in [6, 6.07) is 14.2. The number of ether oxygens (including phenoxy) is 1. The van der Waals surface area contributed by atoms with Gasteiger partial charge in [-0.25, -0.2) is 0 Å². The molecule has 2 aromatic rings. The SMILES string of the molecule is CCNCc1ccc(COc2ccc(Cl)c(C)c2)cc1. The molecule has 0 heterocycles. The second-order valence-corrected chi connectivity index (χ2v) is 5.20. The fraction of sp³-hybridized carbons (Fsp3) is 0.294. The Labute approximate surface area is 125 Å². The summed E-state index contributed by atoms with van der Waals surface area (Å²) in [6.07, 6.45) is 0. The Morgan fingerprint density at radius 2 is 1.75 bits per heavy atom. The van der Waals surface area contributed by atoms with Crippen LogP contribution in [0.25, 0.3) is 0 Å². The summed E-state index contributed by atoms with van der Waals surface area (Å²) in [5.74, 6) is 0.851. The molecule has 2 rings (SSSR count). The van der Waals surface area contributed by atoms with Crippen LogP contribution in [0.5, 0.6) is 5.75 Å². The van der Waals surface area contributed by atoms with Gasteiger partial charge in [-0.3, -0.25) is 0 Å². The van der Waals surface area contributed by atoms with Crippen LogP contribution in [-0.2, 0) is 13.2 Å². The van der Waals surface area contributed by atoms with Crippen LogP contribution in [0.4, 0.5) is 0 Å². The molecule has 2 nitrogen and oxygen atoms in total. The first-order valence-electron chi connectivity index (χ1n) is 6.86. The van der Waals surface area contributed by atoms with Crippen LogP contribution < -0.4 is 10.1 Å². The molecule has 0 atom stereocenters. The molecule has 0 aromatic heterocycles. The fourth-order valence-corrected chi connectivity index (χ4v) is 2.01. The van der Waals surface area contributed by atoms with Crippen molar-refractivity contribution in [2.45, 2.75) is 27.0 Å². The predicted molar refractivity (Wildman–Crippen MR) is 84.3 cm³/mol. The van der Waals surface area contributed by atoms with E-state index in [0.29, 0.717) is 6.61 Å². The summed E-state index contributed by atoms with van der Waals surface area (Å²) in [5.41, 5.74) is 3.49. The van der Waals surface area contributed by atoms with Crippen molar-refractivity contribution < 1.29 is 4.74 Å². The molecule has 0 spiro atoms. The second-order valence-electron chi connectivity index (χ2n) is 4.80. The van der Waals surface area contributed by atoms with Crippen molar-refractivity contribution in [2.24, 2.45) is 0 Å². The van der Waals surface area contributed by atoms with E-state index in [1.165, 1.54) is 5.56 Å². The third kappa shape index (κ3) is 4.26. The highest BCUT2D eigenvalue weighted by molar-refractivity contribution is 6.31. The zero-order valence-electron chi connectivity index (χ0n) is 11.9. The third-order valence-electron chi connectivity index (χ3n) is 3.14. The molecular weight excluding hydrogens is 270 g/mol. The summed E-state index contributed by atoms with van der Waals surface area (Å²) in [4.78, 5) is 0. The number of rotatable bonds is 6. The number of benzene rings is 2. The molecule has 0 aliphatic carbocycles. The zero-order valence-corrected chi connectivity index (χ0v) is 12.7. The zero-order chi connectivity index (χ0) is 14.4. The van der Waals surface area contributed by atoms with Gasteiger partial charge in [-0.2, -0.15) is 0 Å². The highest BCUT2D eigenvalue weighted by Crippen LogP contribution is 2.21. The van der Waals surface area contributed by atoms with E-state index in [9.17, 15) is 0 Å². The molecule has 0 amide bonds. The van der Waals surface area contributed by atoms with E-state index in [1.807, 2.05) is 25.1 Å². The van der Waals surface area contributed by atoms with E-state index >= 15 is 0 Å². The van der Waals surface area contributed by atoms with Gasteiger partial charge in [-0.15, -0.1) is 0 Å². The monoisotopic (exact) mass is 289 g/mol. The molecule has 0 unspecified atom stereocenters. The smallest absolute Gasteiger partial charge is 0.120 e. The molecule has 1 N–H and O–H groups in total. The van der Waals surface area contributed by atoms with Crippen LogP contribution in [0.1, 0.15) is 23.6 Å². The normalized spacial score (nSPS) is 10.6. The average molecular weight is 290 g/mol. The molecular formula is C17H20ClNO. The molecule has 0 aliphatic rings. The number of halogens is 1. The van der Waals surface area contributed by atoms with Crippen molar-refractivity contribution in [3.8, 4) is 5.75 Å². The van der Waals surface area contributed by atoms with E-state index in [4.69, 9.17) is 16.3 Å². The maximum absolute atomic E-state index is 6.00. The van der Waals surface area contributed by atoms with Crippen molar-refractivity contribution in [3.05, 3.63) is 64.2 Å². The van der Waals surface area contributed by atoms with Crippen LogP contribution in [0.15, 0.2) is 42.5 Å². The number of hydrogen-bond donors (Lipinski definition) is 1. The Morgan fingerprint density at radius 1 is 1.05 bits per heavy atom. The quantitative estimate of drug-likeness (QED) is 0.854. The average Bonchev–Trinajstić information content (AvgIpc) is 2.47. The largest absolute Gasteiger partial charge is 0.489 e. The van der Waals surface area contributed by atoms with E-state index < -0.39 is 0 Å². The minimum atomic E-state index is 0.572. The summed E-state index contributed by atoms with van der Waals surface area (Å²) in [6.45, 7) is 6.55. The lowest BCUT2D eigenvalue weighted by Gasteiger charge is -2.09. The van der Waals surface area contributed by atoms with Gasteiger partial charge in [-0.1, -0.05) is 42.8 Å². The van der Waals surface area contributed by atoms with Crippen molar-refractivity contribution in [1.29, 1.82) is 0 Å². The van der Waals surface area contributed by atoms with Crippen molar-refractivity contribution >= 4 is 11.6 Å². The first-order chi connectivity index (χ1) is 9.69. The van der Waals surface area contributed by atoms with Crippen LogP contribution in [-0.4, -0.2) is 6.54 Å². The molecule has 0 saturated carbocycles. The third-order valence-corrected chi connectivity index (χ3v) is 3.56. The molecule has 2 aromatic carbocycles. The summed E-state index contributed by atoms with van der Waals surface area (Å²) >= 11 is 6.00. The molecule has 106 valence electrons. The number of aryl methyl sites for hydroxylation is 1. The molecule has 0 aliphatic heterocycles. The summed E-state index contributed by atoms with van der Waals surface area (Å²) in [5, 5.41) is 4.08. The standard InChI is InChI=1S/C17H20ClNO/c1-3-19-11-14-4-6-15(7-5-14)12-20-16-8-9-17(18)13(2)10-16/h4-10,19H,3,11-12H2,1-2H3. The molecule has 0 radical (unpaired) electrons. The topological polar surface area (TPSA) is 21.3 Å². The first kappa shape index (κ1) is 14.9. The molecule has 0 fully saturated rings.